The van der Waals surface area contributed by atoms with Crippen molar-refractivity contribution in [3.8, 4) is 11.1 Å². The van der Waals surface area contributed by atoms with E-state index < -0.39 is 6.09 Å². The molecule has 29 heavy (non-hydrogen) atoms. The van der Waals surface area contributed by atoms with Crippen LogP contribution in [-0.4, -0.2) is 30.4 Å². The van der Waals surface area contributed by atoms with Gasteiger partial charge >= 0.3 is 6.09 Å². The molecule has 6 heteroatoms. The molecule has 2 atom stereocenters. The molecule has 0 saturated carbocycles. The number of carbonyl (C=O) groups excluding carboxylic acids is 3. The number of amides is 2. The van der Waals surface area contributed by atoms with Gasteiger partial charge in [-0.25, -0.2) is 4.79 Å². The molecular weight excluding hydrogens is 368 g/mol. The number of hydrogen-bond donors (Lipinski definition) is 1. The number of hydrogen-bond acceptors (Lipinski definition) is 4. The third-order valence-electron chi connectivity index (χ3n) is 5.03. The maximum absolute atomic E-state index is 12.3. The van der Waals surface area contributed by atoms with E-state index in [4.69, 9.17) is 4.74 Å². The van der Waals surface area contributed by atoms with E-state index in [1.165, 1.54) is 0 Å². The molecule has 0 aliphatic carbocycles. The second-order valence-corrected chi connectivity index (χ2v) is 7.64. The highest BCUT2D eigenvalue weighted by molar-refractivity contribution is 5.94. The Labute approximate surface area is 170 Å². The number of carbonyl (C=O) groups is 3. The molecule has 2 unspecified atom stereocenters. The van der Waals surface area contributed by atoms with E-state index in [1.807, 2.05) is 37.3 Å². The van der Waals surface area contributed by atoms with Crippen LogP contribution in [0.25, 0.3) is 11.1 Å². The first-order valence-electron chi connectivity index (χ1n) is 9.76. The summed E-state index contributed by atoms with van der Waals surface area (Å²) in [5.74, 6) is -0.0370. The van der Waals surface area contributed by atoms with Gasteiger partial charge in [0, 0.05) is 24.2 Å². The molecule has 1 heterocycles. The van der Waals surface area contributed by atoms with Gasteiger partial charge in [0.15, 0.2) is 0 Å². The molecule has 152 valence electrons. The molecule has 1 N–H and O–H groups in total. The fraction of sp³-hybridized carbons (Fsp3) is 0.348. The zero-order valence-electron chi connectivity index (χ0n) is 17.1. The third kappa shape index (κ3) is 4.47. The van der Waals surface area contributed by atoms with Crippen LogP contribution in [0.5, 0.6) is 0 Å². The lowest BCUT2D eigenvalue weighted by Crippen LogP contribution is -2.45. The van der Waals surface area contributed by atoms with E-state index in [9.17, 15) is 14.4 Å². The summed E-state index contributed by atoms with van der Waals surface area (Å²) in [6.07, 6.45) is 0.711. The zero-order valence-corrected chi connectivity index (χ0v) is 17.1. The van der Waals surface area contributed by atoms with E-state index in [1.54, 1.807) is 37.8 Å². The van der Waals surface area contributed by atoms with Crippen LogP contribution in [0.15, 0.2) is 42.5 Å². The lowest BCUT2D eigenvalue weighted by Gasteiger charge is -2.39. The number of aldehydes is 1. The first-order chi connectivity index (χ1) is 13.8. The van der Waals surface area contributed by atoms with Crippen molar-refractivity contribution in [2.24, 2.45) is 0 Å². The van der Waals surface area contributed by atoms with Gasteiger partial charge in [0.1, 0.15) is 6.29 Å². The molecule has 1 aliphatic heterocycles. The van der Waals surface area contributed by atoms with E-state index >= 15 is 0 Å². The molecule has 0 bridgehead atoms. The van der Waals surface area contributed by atoms with E-state index in [0.717, 1.165) is 28.7 Å². The number of fused-ring (bicyclic) bond motifs is 1. The molecular formula is C23H26N2O4. The Morgan fingerprint density at radius 3 is 2.38 bits per heavy atom. The molecule has 1 aliphatic rings. The third-order valence-corrected chi connectivity index (χ3v) is 5.03. The van der Waals surface area contributed by atoms with Gasteiger partial charge in [-0.05, 0) is 56.0 Å². The van der Waals surface area contributed by atoms with Crippen LogP contribution >= 0.6 is 0 Å². The average molecular weight is 394 g/mol. The lowest BCUT2D eigenvalue weighted by molar-refractivity contribution is -0.117. The van der Waals surface area contributed by atoms with Gasteiger partial charge < -0.3 is 15.0 Å². The Morgan fingerprint density at radius 1 is 1.14 bits per heavy atom. The van der Waals surface area contributed by atoms with Gasteiger partial charge in [0.05, 0.1) is 12.1 Å². The highest BCUT2D eigenvalue weighted by atomic mass is 16.6. The largest absolute Gasteiger partial charge is 0.447 e. The summed E-state index contributed by atoms with van der Waals surface area (Å²) >= 11 is 0. The molecule has 3 rings (SSSR count). The van der Waals surface area contributed by atoms with Crippen molar-refractivity contribution in [3.63, 3.8) is 0 Å². The molecule has 0 aromatic heterocycles. The minimum atomic E-state index is -0.472. The Kier molecular flexibility index (Phi) is 6.01. The molecule has 2 aromatic carbocycles. The Hall–Kier alpha value is -3.15. The molecule has 0 spiro atoms. The normalized spacial score (nSPS) is 18.2. The Balaban J connectivity index is 2.01. The summed E-state index contributed by atoms with van der Waals surface area (Å²) in [6, 6.07) is 12.8. The van der Waals surface area contributed by atoms with Gasteiger partial charge in [-0.3, -0.25) is 9.59 Å². The maximum Gasteiger partial charge on any atom is 0.407 e. The van der Waals surface area contributed by atoms with Crippen molar-refractivity contribution < 1.29 is 19.1 Å². The molecule has 6 nitrogen and oxygen atoms in total. The van der Waals surface area contributed by atoms with Gasteiger partial charge in [-0.15, -0.1) is 0 Å². The smallest absolute Gasteiger partial charge is 0.407 e. The summed E-state index contributed by atoms with van der Waals surface area (Å²) in [6.45, 7) is 7.12. The quantitative estimate of drug-likeness (QED) is 0.776. The van der Waals surface area contributed by atoms with Crippen LogP contribution in [0.2, 0.25) is 0 Å². The van der Waals surface area contributed by atoms with Crippen LogP contribution in [0.1, 0.15) is 56.1 Å². The van der Waals surface area contributed by atoms with Crippen LogP contribution in [0.4, 0.5) is 10.5 Å². The van der Waals surface area contributed by atoms with Gasteiger partial charge in [0.2, 0.25) is 5.91 Å². The number of ether oxygens (including phenoxy) is 1. The first-order valence-corrected chi connectivity index (χ1v) is 9.76. The minimum Gasteiger partial charge on any atom is -0.447 e. The SMILES string of the molecule is CC(=O)N1c2ccc(-c3ccc(C=O)cc3)cc2C(NC(=O)OC(C)C)CC1C. The van der Waals surface area contributed by atoms with Crippen molar-refractivity contribution in [2.75, 3.05) is 4.90 Å². The minimum absolute atomic E-state index is 0.0370. The number of nitrogens with one attached hydrogen (secondary N) is 1. The summed E-state index contributed by atoms with van der Waals surface area (Å²) in [5, 5.41) is 2.95. The van der Waals surface area contributed by atoms with Crippen molar-refractivity contribution in [1.29, 1.82) is 0 Å². The van der Waals surface area contributed by atoms with Crippen molar-refractivity contribution in [1.82, 2.24) is 5.32 Å². The summed E-state index contributed by atoms with van der Waals surface area (Å²) in [4.78, 5) is 37.2. The average Bonchev–Trinajstić information content (AvgIpc) is 2.67. The van der Waals surface area contributed by atoms with Crippen molar-refractivity contribution in [3.05, 3.63) is 53.6 Å². The summed E-state index contributed by atoms with van der Waals surface area (Å²) < 4.78 is 5.25. The Bertz CT molecular complexity index is 921. The van der Waals surface area contributed by atoms with Gasteiger partial charge in [-0.2, -0.15) is 0 Å². The second-order valence-electron chi connectivity index (χ2n) is 7.64. The molecule has 2 aromatic rings. The van der Waals surface area contributed by atoms with Crippen LogP contribution in [0, 0.1) is 0 Å². The standard InChI is InChI=1S/C23H26N2O4/c1-14(2)29-23(28)24-21-11-15(3)25(16(4)27)22-10-9-19(12-20(21)22)18-7-5-17(13-26)6-8-18/h5-10,12-15,21H,11H2,1-4H3,(H,24,28). The predicted molar refractivity (Wildman–Crippen MR) is 112 cm³/mol. The highest BCUT2D eigenvalue weighted by Gasteiger charge is 2.33. The maximum atomic E-state index is 12.3. The van der Waals surface area contributed by atoms with Crippen LogP contribution < -0.4 is 10.2 Å². The number of anilines is 1. The molecule has 2 amide bonds. The number of nitrogens with zero attached hydrogens (tertiary/aromatic N) is 1. The fourth-order valence-corrected chi connectivity index (χ4v) is 3.80. The van der Waals surface area contributed by atoms with Crippen molar-refractivity contribution >= 4 is 24.0 Å². The van der Waals surface area contributed by atoms with Gasteiger partial charge in [0.25, 0.3) is 0 Å². The zero-order chi connectivity index (χ0) is 21.1. The summed E-state index contributed by atoms with van der Waals surface area (Å²) in [5.41, 5.74) is 4.17. The number of alkyl carbamates (subject to hydrolysis) is 1. The van der Waals surface area contributed by atoms with E-state index in [-0.39, 0.29) is 24.1 Å². The van der Waals surface area contributed by atoms with Gasteiger partial charge in [-0.1, -0.05) is 30.3 Å². The molecule has 0 saturated heterocycles. The number of benzene rings is 2. The van der Waals surface area contributed by atoms with Crippen molar-refractivity contribution in [2.45, 2.75) is 52.3 Å². The number of rotatable bonds is 4. The first kappa shape index (κ1) is 20.6. The van der Waals surface area contributed by atoms with Crippen LogP contribution in [-0.2, 0) is 9.53 Å². The second kappa shape index (κ2) is 8.47. The topological polar surface area (TPSA) is 75.7 Å². The fourth-order valence-electron chi connectivity index (χ4n) is 3.80. The lowest BCUT2D eigenvalue weighted by atomic mass is 9.89. The monoisotopic (exact) mass is 394 g/mol. The van der Waals surface area contributed by atoms with Crippen LogP contribution in [0.3, 0.4) is 0 Å². The van der Waals surface area contributed by atoms with E-state index in [2.05, 4.69) is 5.32 Å². The highest BCUT2D eigenvalue weighted by Crippen LogP contribution is 2.39. The summed E-state index contributed by atoms with van der Waals surface area (Å²) in [7, 11) is 0. The van der Waals surface area contributed by atoms with E-state index in [0.29, 0.717) is 12.0 Å². The molecule has 0 fully saturated rings. The predicted octanol–water partition coefficient (Wildman–Crippen LogP) is 4.49. The molecule has 0 radical (unpaired) electrons. The Morgan fingerprint density at radius 2 is 1.79 bits per heavy atom.